The van der Waals surface area contributed by atoms with Crippen molar-refractivity contribution in [3.05, 3.63) is 0 Å². The summed E-state index contributed by atoms with van der Waals surface area (Å²) in [7, 11) is 0. The first-order valence-corrected chi connectivity index (χ1v) is 6.12. The van der Waals surface area contributed by atoms with Crippen molar-refractivity contribution in [1.82, 2.24) is 0 Å². The van der Waals surface area contributed by atoms with Gasteiger partial charge < -0.3 is 0 Å². The van der Waals surface area contributed by atoms with E-state index >= 15 is 0 Å². The molecule has 0 heteroatoms. The number of rotatable bonds is 3. The molecule has 2 bridgehead atoms. The summed E-state index contributed by atoms with van der Waals surface area (Å²) >= 11 is 0. The van der Waals surface area contributed by atoms with E-state index in [2.05, 4.69) is 27.7 Å². The van der Waals surface area contributed by atoms with Gasteiger partial charge in [0, 0.05) is 0 Å². The maximum absolute atomic E-state index is 2.54. The van der Waals surface area contributed by atoms with Gasteiger partial charge in [0.05, 0.1) is 0 Å². The van der Waals surface area contributed by atoms with Crippen molar-refractivity contribution >= 4 is 0 Å². The summed E-state index contributed by atoms with van der Waals surface area (Å²) in [5, 5.41) is 0. The summed E-state index contributed by atoms with van der Waals surface area (Å²) in [6.45, 7) is 9.79. The lowest BCUT2D eigenvalue weighted by molar-refractivity contribution is -0.124. The zero-order chi connectivity index (χ0) is 9.69. The Morgan fingerprint density at radius 2 is 1.92 bits per heavy atom. The van der Waals surface area contributed by atoms with E-state index in [1.807, 2.05) is 0 Å². The van der Waals surface area contributed by atoms with E-state index in [9.17, 15) is 0 Å². The Kier molecular flexibility index (Phi) is 2.02. The third-order valence-corrected chi connectivity index (χ3v) is 5.71. The van der Waals surface area contributed by atoms with E-state index in [4.69, 9.17) is 0 Å². The van der Waals surface area contributed by atoms with Crippen LogP contribution < -0.4 is 0 Å². The number of hydrogen-bond donors (Lipinski definition) is 0. The number of hydrogen-bond acceptors (Lipinski definition) is 0. The van der Waals surface area contributed by atoms with Crippen molar-refractivity contribution in [1.29, 1.82) is 0 Å². The normalized spacial score (nSPS) is 53.5. The van der Waals surface area contributed by atoms with Gasteiger partial charge >= 0.3 is 0 Å². The maximum atomic E-state index is 2.54. The summed E-state index contributed by atoms with van der Waals surface area (Å²) in [4.78, 5) is 0. The zero-order valence-corrected chi connectivity index (χ0v) is 9.69. The summed E-state index contributed by atoms with van der Waals surface area (Å²) in [5.74, 6) is 2.06. The van der Waals surface area contributed by atoms with Crippen LogP contribution >= 0.6 is 0 Å². The molecule has 0 aromatic rings. The van der Waals surface area contributed by atoms with Crippen molar-refractivity contribution in [3.8, 4) is 0 Å². The average Bonchev–Trinajstić information content (AvgIpc) is 2.57. The summed E-state index contributed by atoms with van der Waals surface area (Å²) < 4.78 is 0. The fourth-order valence-corrected chi connectivity index (χ4v) is 4.74. The van der Waals surface area contributed by atoms with Crippen LogP contribution in [-0.2, 0) is 0 Å². The van der Waals surface area contributed by atoms with Crippen LogP contribution in [0.2, 0.25) is 0 Å². The van der Waals surface area contributed by atoms with Crippen LogP contribution in [0.1, 0.15) is 59.8 Å². The van der Waals surface area contributed by atoms with Crippen molar-refractivity contribution in [3.63, 3.8) is 0 Å². The highest BCUT2D eigenvalue weighted by molar-refractivity contribution is 5.17. The Bertz CT molecular complexity index is 208. The van der Waals surface area contributed by atoms with Crippen molar-refractivity contribution in [2.45, 2.75) is 59.8 Å². The molecule has 13 heavy (non-hydrogen) atoms. The molecule has 4 unspecified atom stereocenters. The predicted octanol–water partition coefficient (Wildman–Crippen LogP) is 4.25. The smallest absolute Gasteiger partial charge is 0.0235 e. The summed E-state index contributed by atoms with van der Waals surface area (Å²) in [6.07, 6.45) is 7.32. The fraction of sp³-hybridized carbons (Fsp3) is 1.00. The largest absolute Gasteiger partial charge is 0.0654 e. The quantitative estimate of drug-likeness (QED) is 0.609. The standard InChI is InChI=1S/C13H24/c1-5-7-11-12(4)8-9-13(11,6-2)10(12)3/h10-11H,5-9H2,1-4H3. The van der Waals surface area contributed by atoms with Gasteiger partial charge in [-0.3, -0.25) is 0 Å². The topological polar surface area (TPSA) is 0 Å². The highest BCUT2D eigenvalue weighted by Crippen LogP contribution is 2.76. The Morgan fingerprint density at radius 3 is 2.38 bits per heavy atom. The van der Waals surface area contributed by atoms with E-state index in [0.717, 1.165) is 22.7 Å². The molecule has 0 N–H and O–H groups in total. The molecule has 0 saturated heterocycles. The van der Waals surface area contributed by atoms with Gasteiger partial charge in [-0.1, -0.05) is 34.1 Å². The Morgan fingerprint density at radius 1 is 1.23 bits per heavy atom. The van der Waals surface area contributed by atoms with Gasteiger partial charge in [0.15, 0.2) is 0 Å². The molecule has 4 atom stereocenters. The molecule has 3 aliphatic rings. The molecule has 0 radical (unpaired) electrons. The minimum Gasteiger partial charge on any atom is -0.0654 e. The minimum absolute atomic E-state index is 0.728. The average molecular weight is 180 g/mol. The molecule has 3 rings (SSSR count). The second kappa shape index (κ2) is 2.74. The first-order chi connectivity index (χ1) is 6.12. The van der Waals surface area contributed by atoms with Crippen molar-refractivity contribution in [2.75, 3.05) is 0 Å². The minimum atomic E-state index is 0.728. The Hall–Kier alpha value is 0. The Labute approximate surface area is 83.1 Å². The molecule has 3 fully saturated rings. The molecule has 0 heterocycles. The first-order valence-electron chi connectivity index (χ1n) is 6.12. The summed E-state index contributed by atoms with van der Waals surface area (Å²) in [5.41, 5.74) is 1.50. The lowest BCUT2D eigenvalue weighted by Crippen LogP contribution is -2.54. The third-order valence-electron chi connectivity index (χ3n) is 5.71. The van der Waals surface area contributed by atoms with Gasteiger partial charge in [-0.25, -0.2) is 0 Å². The van der Waals surface area contributed by atoms with Crippen molar-refractivity contribution in [2.24, 2.45) is 22.7 Å². The van der Waals surface area contributed by atoms with Crippen LogP contribution in [0.25, 0.3) is 0 Å². The van der Waals surface area contributed by atoms with Gasteiger partial charge in [-0.15, -0.1) is 0 Å². The highest BCUT2D eigenvalue weighted by atomic mass is 14.7. The van der Waals surface area contributed by atoms with E-state index < -0.39 is 0 Å². The molecule has 0 aliphatic heterocycles. The molecule has 76 valence electrons. The molecule has 3 saturated carbocycles. The molecule has 0 aromatic carbocycles. The molecule has 0 spiro atoms. The molecular weight excluding hydrogens is 156 g/mol. The lowest BCUT2D eigenvalue weighted by atomic mass is 9.44. The van der Waals surface area contributed by atoms with Crippen LogP contribution in [0, 0.1) is 22.7 Å². The molecular formula is C13H24. The van der Waals surface area contributed by atoms with E-state index in [1.54, 1.807) is 0 Å². The van der Waals surface area contributed by atoms with Crippen LogP contribution in [0.4, 0.5) is 0 Å². The lowest BCUT2D eigenvalue weighted by Gasteiger charge is -2.60. The predicted molar refractivity (Wildman–Crippen MR) is 57.6 cm³/mol. The summed E-state index contributed by atoms with van der Waals surface area (Å²) in [6, 6.07) is 0. The monoisotopic (exact) mass is 180 g/mol. The third kappa shape index (κ3) is 0.877. The highest BCUT2D eigenvalue weighted by Gasteiger charge is 2.69. The van der Waals surface area contributed by atoms with Crippen LogP contribution in [0.5, 0.6) is 0 Å². The molecule has 0 amide bonds. The molecule has 3 aliphatic carbocycles. The second-order valence-electron chi connectivity index (χ2n) is 5.66. The van der Waals surface area contributed by atoms with E-state index in [-0.39, 0.29) is 0 Å². The van der Waals surface area contributed by atoms with Gasteiger partial charge in [-0.05, 0) is 48.3 Å². The van der Waals surface area contributed by atoms with Gasteiger partial charge in [-0.2, -0.15) is 0 Å². The van der Waals surface area contributed by atoms with Gasteiger partial charge in [0.2, 0.25) is 0 Å². The second-order valence-corrected chi connectivity index (χ2v) is 5.66. The van der Waals surface area contributed by atoms with Crippen LogP contribution in [-0.4, -0.2) is 0 Å². The van der Waals surface area contributed by atoms with E-state index in [0.29, 0.717) is 0 Å². The molecule has 0 aromatic heterocycles. The molecule has 0 nitrogen and oxygen atoms in total. The maximum Gasteiger partial charge on any atom is -0.0235 e. The van der Waals surface area contributed by atoms with Gasteiger partial charge in [0.1, 0.15) is 0 Å². The fourth-order valence-electron chi connectivity index (χ4n) is 4.74. The van der Waals surface area contributed by atoms with Crippen molar-refractivity contribution < 1.29 is 0 Å². The Balaban J connectivity index is 2.20. The SMILES string of the molecule is CCCC1C2(C)CCC1(CC)C2C. The van der Waals surface area contributed by atoms with E-state index in [1.165, 1.54) is 32.1 Å². The number of fused-ring (bicyclic) bond motifs is 1. The van der Waals surface area contributed by atoms with Gasteiger partial charge in [0.25, 0.3) is 0 Å². The first kappa shape index (κ1) is 9.55. The van der Waals surface area contributed by atoms with Crippen LogP contribution in [0.3, 0.4) is 0 Å². The zero-order valence-electron chi connectivity index (χ0n) is 9.69. The van der Waals surface area contributed by atoms with Crippen LogP contribution in [0.15, 0.2) is 0 Å².